The molecule has 1 heterocycles. The Kier molecular flexibility index (Phi) is 7.20. The summed E-state index contributed by atoms with van der Waals surface area (Å²) in [6.07, 6.45) is 5.64. The van der Waals surface area contributed by atoms with E-state index >= 15 is 0 Å². The molecule has 1 fully saturated rings. The SMILES string of the molecule is CC1CCCCN1CCCNC(=O)NCCc1cccc(O)c1. The van der Waals surface area contributed by atoms with Crippen LogP contribution in [0.15, 0.2) is 24.3 Å². The number of phenolic OH excluding ortho intramolecular Hbond substituents is 1. The van der Waals surface area contributed by atoms with Crippen LogP contribution in [0.4, 0.5) is 4.79 Å². The number of nitrogens with zero attached hydrogens (tertiary/aromatic N) is 1. The Morgan fingerprint density at radius 2 is 2.13 bits per heavy atom. The number of nitrogens with one attached hydrogen (secondary N) is 2. The first-order valence-electron chi connectivity index (χ1n) is 8.69. The molecule has 1 aliphatic heterocycles. The highest BCUT2D eigenvalue weighted by Crippen LogP contribution is 2.16. The second-order valence-electron chi connectivity index (χ2n) is 6.34. The van der Waals surface area contributed by atoms with Crippen molar-refractivity contribution >= 4 is 6.03 Å². The van der Waals surface area contributed by atoms with Crippen LogP contribution in [-0.2, 0) is 6.42 Å². The van der Waals surface area contributed by atoms with Crippen LogP contribution in [0.5, 0.6) is 5.75 Å². The largest absolute Gasteiger partial charge is 0.508 e. The average molecular weight is 319 g/mol. The van der Waals surface area contributed by atoms with Crippen LogP contribution in [0, 0.1) is 0 Å². The van der Waals surface area contributed by atoms with Gasteiger partial charge in [0, 0.05) is 25.7 Å². The van der Waals surface area contributed by atoms with Crippen LogP contribution in [0.2, 0.25) is 0 Å². The van der Waals surface area contributed by atoms with Crippen molar-refractivity contribution in [3.8, 4) is 5.75 Å². The fraction of sp³-hybridized carbons (Fsp3) is 0.611. The summed E-state index contributed by atoms with van der Waals surface area (Å²) in [7, 11) is 0. The molecule has 3 N–H and O–H groups in total. The van der Waals surface area contributed by atoms with Gasteiger partial charge < -0.3 is 20.6 Å². The van der Waals surface area contributed by atoms with Gasteiger partial charge in [0.2, 0.25) is 0 Å². The molecular formula is C18H29N3O2. The summed E-state index contributed by atoms with van der Waals surface area (Å²) in [5.41, 5.74) is 1.02. The molecule has 1 unspecified atom stereocenters. The van der Waals surface area contributed by atoms with Crippen LogP contribution in [-0.4, -0.2) is 48.3 Å². The average Bonchev–Trinajstić information content (AvgIpc) is 2.53. The standard InChI is InChI=1S/C18H29N3O2/c1-15-6-2-3-12-21(15)13-5-10-19-18(23)20-11-9-16-7-4-8-17(22)14-16/h4,7-8,14-15,22H,2-3,5-6,9-13H2,1H3,(H2,19,20,23). The Labute approximate surface area is 139 Å². The number of carbonyl (C=O) groups excluding carboxylic acids is 1. The number of rotatable bonds is 7. The highest BCUT2D eigenvalue weighted by atomic mass is 16.3. The molecule has 1 aromatic rings. The van der Waals surface area contributed by atoms with E-state index in [4.69, 9.17) is 0 Å². The molecule has 0 saturated carbocycles. The summed E-state index contributed by atoms with van der Waals surface area (Å²) in [6, 6.07) is 7.69. The van der Waals surface area contributed by atoms with Crippen molar-refractivity contribution in [1.29, 1.82) is 0 Å². The fourth-order valence-corrected chi connectivity index (χ4v) is 3.07. The van der Waals surface area contributed by atoms with Crippen LogP contribution in [0.25, 0.3) is 0 Å². The molecule has 2 amide bonds. The van der Waals surface area contributed by atoms with Gasteiger partial charge in [-0.3, -0.25) is 0 Å². The van der Waals surface area contributed by atoms with E-state index in [0.29, 0.717) is 25.6 Å². The van der Waals surface area contributed by atoms with E-state index < -0.39 is 0 Å². The minimum absolute atomic E-state index is 0.114. The van der Waals surface area contributed by atoms with Gasteiger partial charge in [0.1, 0.15) is 5.75 Å². The van der Waals surface area contributed by atoms with E-state index in [2.05, 4.69) is 22.5 Å². The number of aromatic hydroxyl groups is 1. The van der Waals surface area contributed by atoms with Gasteiger partial charge >= 0.3 is 6.03 Å². The lowest BCUT2D eigenvalue weighted by molar-refractivity contribution is 0.159. The first-order chi connectivity index (χ1) is 11.1. The number of urea groups is 1. The molecule has 2 rings (SSSR count). The normalized spacial score (nSPS) is 18.6. The van der Waals surface area contributed by atoms with Crippen molar-refractivity contribution in [2.75, 3.05) is 26.2 Å². The third kappa shape index (κ3) is 6.48. The Morgan fingerprint density at radius 3 is 2.91 bits per heavy atom. The van der Waals surface area contributed by atoms with Crippen LogP contribution >= 0.6 is 0 Å². The van der Waals surface area contributed by atoms with E-state index in [0.717, 1.165) is 18.5 Å². The molecule has 0 aliphatic carbocycles. The highest BCUT2D eigenvalue weighted by Gasteiger charge is 2.17. The molecule has 0 radical (unpaired) electrons. The molecule has 1 aromatic carbocycles. The van der Waals surface area contributed by atoms with Gasteiger partial charge in [-0.25, -0.2) is 4.79 Å². The van der Waals surface area contributed by atoms with Crippen molar-refractivity contribution < 1.29 is 9.90 Å². The van der Waals surface area contributed by atoms with Crippen molar-refractivity contribution in [2.24, 2.45) is 0 Å². The topological polar surface area (TPSA) is 64.6 Å². The first-order valence-corrected chi connectivity index (χ1v) is 8.69. The lowest BCUT2D eigenvalue weighted by Crippen LogP contribution is -2.41. The van der Waals surface area contributed by atoms with E-state index in [1.165, 1.54) is 25.8 Å². The quantitative estimate of drug-likeness (QED) is 0.677. The number of hydrogen-bond donors (Lipinski definition) is 3. The second-order valence-corrected chi connectivity index (χ2v) is 6.34. The van der Waals surface area contributed by atoms with Gasteiger partial charge in [0.05, 0.1) is 0 Å². The molecule has 1 atom stereocenters. The van der Waals surface area contributed by atoms with Crippen LogP contribution in [0.3, 0.4) is 0 Å². The fourth-order valence-electron chi connectivity index (χ4n) is 3.07. The van der Waals surface area contributed by atoms with Crippen LogP contribution in [0.1, 0.15) is 38.2 Å². The van der Waals surface area contributed by atoms with Crippen LogP contribution < -0.4 is 10.6 Å². The molecular weight excluding hydrogens is 290 g/mol. The Morgan fingerprint density at radius 1 is 1.30 bits per heavy atom. The van der Waals surface area contributed by atoms with Crippen molar-refractivity contribution in [2.45, 2.75) is 45.1 Å². The molecule has 5 nitrogen and oxygen atoms in total. The number of amides is 2. The van der Waals surface area contributed by atoms with Gasteiger partial charge in [-0.1, -0.05) is 18.6 Å². The molecule has 0 aromatic heterocycles. The zero-order valence-corrected chi connectivity index (χ0v) is 14.1. The van der Waals surface area contributed by atoms with Crippen molar-refractivity contribution in [1.82, 2.24) is 15.5 Å². The maximum Gasteiger partial charge on any atom is 0.314 e. The molecule has 0 spiro atoms. The summed E-state index contributed by atoms with van der Waals surface area (Å²) in [5, 5.41) is 15.1. The molecule has 1 aliphatic rings. The zero-order chi connectivity index (χ0) is 16.5. The van der Waals surface area contributed by atoms with Gasteiger partial charge in [-0.2, -0.15) is 0 Å². The second kappa shape index (κ2) is 9.40. The number of carbonyl (C=O) groups is 1. The summed E-state index contributed by atoms with van der Waals surface area (Å²) in [6.45, 7) is 5.82. The molecule has 1 saturated heterocycles. The Hall–Kier alpha value is -1.75. The van der Waals surface area contributed by atoms with E-state index in [1.54, 1.807) is 12.1 Å². The molecule has 128 valence electrons. The van der Waals surface area contributed by atoms with Crippen molar-refractivity contribution in [3.63, 3.8) is 0 Å². The molecule has 23 heavy (non-hydrogen) atoms. The van der Waals surface area contributed by atoms with Gasteiger partial charge in [-0.05, 0) is 56.8 Å². The highest BCUT2D eigenvalue weighted by molar-refractivity contribution is 5.73. The summed E-state index contributed by atoms with van der Waals surface area (Å²) >= 11 is 0. The minimum atomic E-state index is -0.114. The summed E-state index contributed by atoms with van der Waals surface area (Å²) in [4.78, 5) is 14.2. The third-order valence-electron chi connectivity index (χ3n) is 4.46. The maximum absolute atomic E-state index is 11.7. The monoisotopic (exact) mass is 319 g/mol. The van der Waals surface area contributed by atoms with E-state index in [1.807, 2.05) is 12.1 Å². The minimum Gasteiger partial charge on any atom is -0.508 e. The predicted octanol–water partition coefficient (Wildman–Crippen LogP) is 2.50. The number of benzene rings is 1. The predicted molar refractivity (Wildman–Crippen MR) is 92.7 cm³/mol. The number of piperidine rings is 1. The lowest BCUT2D eigenvalue weighted by Gasteiger charge is -2.33. The number of likely N-dealkylation sites (tertiary alicyclic amines) is 1. The molecule has 5 heteroatoms. The van der Waals surface area contributed by atoms with E-state index in [-0.39, 0.29) is 11.8 Å². The van der Waals surface area contributed by atoms with Gasteiger partial charge in [-0.15, -0.1) is 0 Å². The maximum atomic E-state index is 11.7. The van der Waals surface area contributed by atoms with E-state index in [9.17, 15) is 9.90 Å². The third-order valence-corrected chi connectivity index (χ3v) is 4.46. The Bertz CT molecular complexity index is 493. The first kappa shape index (κ1) is 17.6. The lowest BCUT2D eigenvalue weighted by atomic mass is 10.0. The van der Waals surface area contributed by atoms with Crippen molar-refractivity contribution in [3.05, 3.63) is 29.8 Å². The Balaban J connectivity index is 1.53. The van der Waals surface area contributed by atoms with Gasteiger partial charge in [0.15, 0.2) is 0 Å². The number of phenols is 1. The van der Waals surface area contributed by atoms with Gasteiger partial charge in [0.25, 0.3) is 0 Å². The number of hydrogen-bond acceptors (Lipinski definition) is 3. The smallest absolute Gasteiger partial charge is 0.314 e. The molecule has 0 bridgehead atoms. The summed E-state index contributed by atoms with van der Waals surface area (Å²) in [5.74, 6) is 0.263. The summed E-state index contributed by atoms with van der Waals surface area (Å²) < 4.78 is 0. The zero-order valence-electron chi connectivity index (χ0n) is 14.1.